The normalized spacial score (nSPS) is 12.3. The number of benzene rings is 2. The fourth-order valence-electron chi connectivity index (χ4n) is 3.71. The minimum atomic E-state index is -1.22. The number of carboxylic acids is 1. The summed E-state index contributed by atoms with van der Waals surface area (Å²) in [4.78, 5) is 25.1. The van der Waals surface area contributed by atoms with E-state index in [4.69, 9.17) is 0 Å². The first-order chi connectivity index (χ1) is 14.2. The molecule has 0 amide bonds. The van der Waals surface area contributed by atoms with Gasteiger partial charge in [0.25, 0.3) is 5.91 Å². The summed E-state index contributed by atoms with van der Waals surface area (Å²) in [6, 6.07) is 4.64. The van der Waals surface area contributed by atoms with Crippen LogP contribution in [0.3, 0.4) is 0 Å². The van der Waals surface area contributed by atoms with Crippen molar-refractivity contribution < 1.29 is 33.0 Å². The number of carbonyl (C=O) groups is 2. The van der Waals surface area contributed by atoms with Crippen molar-refractivity contribution in [2.24, 2.45) is 0 Å². The van der Waals surface area contributed by atoms with Crippen molar-refractivity contribution in [2.75, 3.05) is 0 Å². The third-order valence-electron chi connectivity index (χ3n) is 5.18. The number of hydrogen-bond acceptors (Lipinski definition) is 3. The number of carboxylic acid groups (broad SMARTS) is 1. The van der Waals surface area contributed by atoms with Crippen LogP contribution in [0.5, 0.6) is 5.75 Å². The Bertz CT molecular complexity index is 1150. The molecule has 8 heteroatoms. The molecule has 5 nitrogen and oxygen atoms in total. The van der Waals surface area contributed by atoms with E-state index in [9.17, 15) is 33.0 Å². The largest absolute Gasteiger partial charge is 0.505 e. The second-order valence-corrected chi connectivity index (χ2v) is 7.12. The molecule has 0 aliphatic heterocycles. The highest BCUT2D eigenvalue weighted by Crippen LogP contribution is 2.38. The number of aromatic nitrogens is 1. The molecule has 0 bridgehead atoms. The van der Waals surface area contributed by atoms with E-state index in [1.165, 1.54) is 6.92 Å². The summed E-state index contributed by atoms with van der Waals surface area (Å²) in [5, 5.41) is 19.8. The maximum absolute atomic E-state index is 14.1. The summed E-state index contributed by atoms with van der Waals surface area (Å²) in [7, 11) is 0. The number of phenolic OH excluding ortho intramolecular Hbond substituents is 1. The smallest absolute Gasteiger partial charge is 0.311 e. The monoisotopic (exact) mass is 419 g/mol. The highest BCUT2D eigenvalue weighted by Gasteiger charge is 2.30. The van der Waals surface area contributed by atoms with Gasteiger partial charge in [-0.1, -0.05) is 19.8 Å². The Balaban J connectivity index is 2.30. The maximum atomic E-state index is 14.1. The van der Waals surface area contributed by atoms with Gasteiger partial charge in [0.2, 0.25) is 0 Å². The minimum Gasteiger partial charge on any atom is -0.505 e. The summed E-state index contributed by atoms with van der Waals surface area (Å²) in [6.07, 6.45) is 1.63. The van der Waals surface area contributed by atoms with Gasteiger partial charge in [-0.2, -0.15) is 0 Å². The number of hydrogen-bond donors (Lipinski definition) is 2. The molecule has 3 rings (SSSR count). The summed E-state index contributed by atoms with van der Waals surface area (Å²) >= 11 is 0. The van der Waals surface area contributed by atoms with Crippen molar-refractivity contribution in [3.05, 3.63) is 64.6 Å². The van der Waals surface area contributed by atoms with Gasteiger partial charge in [-0.25, -0.2) is 13.2 Å². The molecule has 1 aromatic heterocycles. The minimum absolute atomic E-state index is 0.0373. The summed E-state index contributed by atoms with van der Waals surface area (Å²) in [5.74, 6) is -6.89. The molecule has 0 fully saturated rings. The van der Waals surface area contributed by atoms with E-state index >= 15 is 0 Å². The van der Waals surface area contributed by atoms with Gasteiger partial charge in [0.05, 0.1) is 11.4 Å². The number of aliphatic carboxylic acids is 1. The van der Waals surface area contributed by atoms with Gasteiger partial charge in [0, 0.05) is 22.7 Å². The molecule has 158 valence electrons. The number of nitrogens with zero attached hydrogens (tertiary/aromatic N) is 1. The van der Waals surface area contributed by atoms with Crippen LogP contribution >= 0.6 is 0 Å². The zero-order valence-corrected chi connectivity index (χ0v) is 16.4. The van der Waals surface area contributed by atoms with Crippen LogP contribution in [0.25, 0.3) is 10.9 Å². The SMILES string of the molecule is CCCC[C@H](C(=O)O)c1c(C)n(C(=O)c2ccc(F)c(F)c2)c2cc(F)c(O)cc12. The molecular weight excluding hydrogens is 399 g/mol. The number of fused-ring (bicyclic) bond motifs is 1. The van der Waals surface area contributed by atoms with Crippen molar-refractivity contribution in [3.8, 4) is 5.75 Å². The number of rotatable bonds is 6. The van der Waals surface area contributed by atoms with Gasteiger partial charge in [-0.3, -0.25) is 14.2 Å². The molecule has 0 saturated carbocycles. The topological polar surface area (TPSA) is 79.5 Å². The highest BCUT2D eigenvalue weighted by molar-refractivity contribution is 6.05. The van der Waals surface area contributed by atoms with Crippen molar-refractivity contribution >= 4 is 22.8 Å². The lowest BCUT2D eigenvalue weighted by Gasteiger charge is -2.13. The number of carbonyl (C=O) groups excluding carboxylic acids is 1. The van der Waals surface area contributed by atoms with Crippen LogP contribution in [-0.4, -0.2) is 26.7 Å². The van der Waals surface area contributed by atoms with E-state index in [0.29, 0.717) is 6.42 Å². The van der Waals surface area contributed by atoms with Crippen LogP contribution < -0.4 is 0 Å². The Morgan fingerprint density at radius 3 is 2.37 bits per heavy atom. The van der Waals surface area contributed by atoms with E-state index in [0.717, 1.165) is 41.3 Å². The first-order valence-electron chi connectivity index (χ1n) is 9.43. The summed E-state index contributed by atoms with van der Waals surface area (Å²) in [6.45, 7) is 3.41. The standard InChI is InChI=1S/C22H20F3NO4/c1-3-4-5-13(22(29)30)20-11(2)26(18-10-17(25)19(27)9-14(18)20)21(28)12-6-7-15(23)16(24)8-12/h6-10,13,27H,3-5H2,1-2H3,(H,29,30)/t13-/m0/s1. The third kappa shape index (κ3) is 3.65. The lowest BCUT2D eigenvalue weighted by Crippen LogP contribution is -2.16. The lowest BCUT2D eigenvalue weighted by molar-refractivity contribution is -0.139. The van der Waals surface area contributed by atoms with Gasteiger partial charge < -0.3 is 10.2 Å². The van der Waals surface area contributed by atoms with Crippen molar-refractivity contribution in [2.45, 2.75) is 39.0 Å². The van der Waals surface area contributed by atoms with Crippen LogP contribution in [-0.2, 0) is 4.79 Å². The Morgan fingerprint density at radius 2 is 1.77 bits per heavy atom. The molecule has 3 aromatic rings. The maximum Gasteiger partial charge on any atom is 0.311 e. The summed E-state index contributed by atoms with van der Waals surface area (Å²) in [5.41, 5.74) is 0.357. The molecule has 0 spiro atoms. The fraction of sp³-hybridized carbons (Fsp3) is 0.273. The molecule has 2 aromatic carbocycles. The zero-order chi connectivity index (χ0) is 22.2. The second-order valence-electron chi connectivity index (χ2n) is 7.12. The predicted octanol–water partition coefficient (Wildman–Crippen LogP) is 5.12. The molecular formula is C22H20F3NO4. The number of halogens is 3. The lowest BCUT2D eigenvalue weighted by atomic mass is 9.91. The predicted molar refractivity (Wildman–Crippen MR) is 104 cm³/mol. The van der Waals surface area contributed by atoms with Gasteiger partial charge in [-0.05, 0) is 43.2 Å². The number of unbranched alkanes of at least 4 members (excludes halogenated alkanes) is 1. The van der Waals surface area contributed by atoms with E-state index < -0.39 is 41.0 Å². The van der Waals surface area contributed by atoms with Crippen LogP contribution in [0.4, 0.5) is 13.2 Å². The van der Waals surface area contributed by atoms with Crippen molar-refractivity contribution in [3.63, 3.8) is 0 Å². The third-order valence-corrected chi connectivity index (χ3v) is 5.18. The molecule has 1 heterocycles. The van der Waals surface area contributed by atoms with E-state index in [1.807, 2.05) is 6.92 Å². The molecule has 0 radical (unpaired) electrons. The summed E-state index contributed by atoms with van der Waals surface area (Å²) < 4.78 is 42.1. The van der Waals surface area contributed by atoms with Crippen LogP contribution in [0.2, 0.25) is 0 Å². The molecule has 0 aliphatic carbocycles. The van der Waals surface area contributed by atoms with Crippen LogP contribution in [0.1, 0.15) is 53.7 Å². The fourth-order valence-corrected chi connectivity index (χ4v) is 3.71. The van der Waals surface area contributed by atoms with Gasteiger partial charge in [-0.15, -0.1) is 0 Å². The van der Waals surface area contributed by atoms with E-state index in [-0.39, 0.29) is 34.1 Å². The average molecular weight is 419 g/mol. The van der Waals surface area contributed by atoms with Gasteiger partial charge >= 0.3 is 5.97 Å². The molecule has 0 aliphatic rings. The molecule has 2 N–H and O–H groups in total. The van der Waals surface area contributed by atoms with Crippen molar-refractivity contribution in [1.29, 1.82) is 0 Å². The first kappa shape index (κ1) is 21.4. The average Bonchev–Trinajstić information content (AvgIpc) is 2.95. The number of phenols is 1. The Hall–Kier alpha value is -3.29. The Labute approximate surface area is 170 Å². The molecule has 30 heavy (non-hydrogen) atoms. The van der Waals surface area contributed by atoms with Crippen molar-refractivity contribution in [1.82, 2.24) is 4.57 Å². The second kappa shape index (κ2) is 8.22. The highest BCUT2D eigenvalue weighted by atomic mass is 19.2. The van der Waals surface area contributed by atoms with E-state index in [1.54, 1.807) is 0 Å². The quantitative estimate of drug-likeness (QED) is 0.581. The van der Waals surface area contributed by atoms with E-state index in [2.05, 4.69) is 0 Å². The van der Waals surface area contributed by atoms with Crippen LogP contribution in [0, 0.1) is 24.4 Å². The molecule has 0 unspecified atom stereocenters. The van der Waals surface area contributed by atoms with Gasteiger partial charge in [0.1, 0.15) is 0 Å². The first-order valence-corrected chi connectivity index (χ1v) is 9.43. The number of aromatic hydroxyl groups is 1. The van der Waals surface area contributed by atoms with Gasteiger partial charge in [0.15, 0.2) is 23.2 Å². The Morgan fingerprint density at radius 1 is 1.07 bits per heavy atom. The molecule has 1 atom stereocenters. The van der Waals surface area contributed by atoms with Crippen LogP contribution in [0.15, 0.2) is 30.3 Å². The zero-order valence-electron chi connectivity index (χ0n) is 16.4. The molecule has 0 saturated heterocycles. The Kier molecular flexibility index (Phi) is 5.87.